The summed E-state index contributed by atoms with van der Waals surface area (Å²) in [5.74, 6) is 1.18. The van der Waals surface area contributed by atoms with Gasteiger partial charge in [-0.2, -0.15) is 0 Å². The summed E-state index contributed by atoms with van der Waals surface area (Å²) in [6.45, 7) is 10.5. The van der Waals surface area contributed by atoms with Gasteiger partial charge in [0.1, 0.15) is 68.2 Å². The Morgan fingerprint density at radius 3 is 1.43 bits per heavy atom. The lowest BCUT2D eigenvalue weighted by Crippen LogP contribution is -2.24. The molecule has 2 aromatic rings. The topological polar surface area (TPSA) is 150 Å². The zero-order valence-corrected chi connectivity index (χ0v) is 22.8. The van der Waals surface area contributed by atoms with Crippen molar-refractivity contribution < 1.29 is 53.3 Å². The lowest BCUT2D eigenvalue weighted by Gasteiger charge is -2.13. The molecule has 2 rings (SSSR count). The van der Waals surface area contributed by atoms with E-state index in [0.717, 1.165) is 12.2 Å². The molecular formula is C29H38O11. The third-order valence-corrected chi connectivity index (χ3v) is 4.47. The van der Waals surface area contributed by atoms with Crippen molar-refractivity contribution in [3.05, 3.63) is 73.8 Å². The first kappa shape index (κ1) is 34.0. The van der Waals surface area contributed by atoms with Crippen LogP contribution in [0.4, 0.5) is 0 Å². The molecule has 0 aliphatic carbocycles. The molecule has 11 heteroatoms. The number of rotatable bonds is 17. The highest BCUT2D eigenvalue weighted by Crippen LogP contribution is 2.20. The van der Waals surface area contributed by atoms with Crippen LogP contribution in [0.15, 0.2) is 73.8 Å². The Kier molecular flexibility index (Phi) is 16.9. The first-order valence-corrected chi connectivity index (χ1v) is 12.5. The summed E-state index contributed by atoms with van der Waals surface area (Å²) in [7, 11) is 0. The van der Waals surface area contributed by atoms with Crippen LogP contribution in [0.5, 0.6) is 23.0 Å². The fourth-order valence-electron chi connectivity index (χ4n) is 2.65. The third-order valence-electron chi connectivity index (χ3n) is 4.47. The zero-order valence-electron chi connectivity index (χ0n) is 22.8. The third kappa shape index (κ3) is 16.0. The van der Waals surface area contributed by atoms with E-state index in [4.69, 9.17) is 33.5 Å². The number of hydrogen-bond acceptors (Lipinski definition) is 11. The van der Waals surface area contributed by atoms with Gasteiger partial charge < -0.3 is 43.7 Å². The second kappa shape index (κ2) is 19.9. The first-order chi connectivity index (χ1) is 19.2. The first-order valence-electron chi connectivity index (χ1n) is 12.5. The molecule has 0 aromatic heterocycles. The van der Waals surface area contributed by atoms with Crippen LogP contribution in [0.1, 0.15) is 13.8 Å². The van der Waals surface area contributed by atoms with E-state index in [1.54, 1.807) is 49.4 Å². The Morgan fingerprint density at radius 2 is 1.07 bits per heavy atom. The van der Waals surface area contributed by atoms with E-state index in [9.17, 15) is 19.8 Å². The molecule has 0 bridgehead atoms. The summed E-state index contributed by atoms with van der Waals surface area (Å²) in [4.78, 5) is 21.6. The number of carbonyl (C=O) groups excluding carboxylic acids is 2. The average Bonchev–Trinajstić information content (AvgIpc) is 2.96. The summed E-state index contributed by atoms with van der Waals surface area (Å²) >= 11 is 0. The van der Waals surface area contributed by atoms with E-state index < -0.39 is 30.3 Å². The molecule has 0 spiro atoms. The van der Waals surface area contributed by atoms with Gasteiger partial charge in [-0.1, -0.05) is 25.3 Å². The highest BCUT2D eigenvalue weighted by atomic mass is 16.6. The van der Waals surface area contributed by atoms with Gasteiger partial charge in [-0.25, -0.2) is 9.59 Å². The number of hydrogen-bond donors (Lipinski definition) is 3. The van der Waals surface area contributed by atoms with Gasteiger partial charge in [0.05, 0.1) is 12.7 Å². The normalized spacial score (nSPS) is 12.3. The minimum atomic E-state index is -0.934. The summed E-state index contributed by atoms with van der Waals surface area (Å²) in [6, 6.07) is 13.9. The van der Waals surface area contributed by atoms with Crippen molar-refractivity contribution in [2.75, 3.05) is 39.6 Å². The number of ether oxygens (including phenoxy) is 6. The molecule has 0 heterocycles. The maximum Gasteiger partial charge on any atom is 0.330 e. The summed E-state index contributed by atoms with van der Waals surface area (Å²) in [6.07, 6.45) is -0.318. The molecule has 0 amide bonds. The molecular weight excluding hydrogens is 524 g/mol. The van der Waals surface area contributed by atoms with Crippen LogP contribution in [0.2, 0.25) is 0 Å². The van der Waals surface area contributed by atoms with Crippen molar-refractivity contribution >= 4 is 11.9 Å². The molecule has 0 radical (unpaired) electrons. The molecule has 0 fully saturated rings. The van der Waals surface area contributed by atoms with Crippen LogP contribution in [-0.4, -0.2) is 85.2 Å². The minimum absolute atomic E-state index is 0.0235. The van der Waals surface area contributed by atoms with Crippen molar-refractivity contribution in [1.82, 2.24) is 0 Å². The van der Waals surface area contributed by atoms with Gasteiger partial charge in [-0.05, 0) is 38.1 Å². The van der Waals surface area contributed by atoms with Crippen LogP contribution in [0.25, 0.3) is 0 Å². The van der Waals surface area contributed by atoms with E-state index >= 15 is 0 Å². The fraction of sp³-hybridized carbons (Fsp3) is 0.379. The molecule has 2 aromatic carbocycles. The standard InChI is InChI=1S/C15H20O6.C14H18O5/c1-3-15(18)21-10-12(17)9-20-14-6-4-5-13(7-14)19-8-11(2)16;1-3-14(16)19-10-11(15)9-18-13-7-5-6-12(8-13)17-4-2/h3-7,11-12,16-17H,1,8-10H2,2H3;3,5-8,11,15H,1,4,9-10H2,2H3. The Hall–Kier alpha value is -4.06. The van der Waals surface area contributed by atoms with Crippen LogP contribution >= 0.6 is 0 Å². The second-order valence-corrected chi connectivity index (χ2v) is 8.14. The van der Waals surface area contributed by atoms with Crippen molar-refractivity contribution in [3.8, 4) is 23.0 Å². The van der Waals surface area contributed by atoms with Crippen molar-refractivity contribution in [1.29, 1.82) is 0 Å². The second-order valence-electron chi connectivity index (χ2n) is 8.14. The predicted octanol–water partition coefficient (Wildman–Crippen LogP) is 2.47. The van der Waals surface area contributed by atoms with E-state index in [1.165, 1.54) is 0 Å². The summed E-state index contributed by atoms with van der Waals surface area (Å²) < 4.78 is 30.8. The van der Waals surface area contributed by atoms with Gasteiger partial charge >= 0.3 is 11.9 Å². The quantitative estimate of drug-likeness (QED) is 0.193. The SMILES string of the molecule is C=CC(=O)OCC(O)COc1cccc(OCC(C)O)c1.C=CC(=O)OCC(O)COc1cccc(OCC)c1. The van der Waals surface area contributed by atoms with Gasteiger partial charge in [0.2, 0.25) is 0 Å². The molecule has 3 atom stereocenters. The number of aliphatic hydroxyl groups excluding tert-OH is 3. The lowest BCUT2D eigenvalue weighted by molar-refractivity contribution is -0.142. The number of benzene rings is 2. The Bertz CT molecular complexity index is 1040. The number of carbonyl (C=O) groups is 2. The molecule has 3 N–H and O–H groups in total. The highest BCUT2D eigenvalue weighted by Gasteiger charge is 2.10. The number of aliphatic hydroxyl groups is 3. The summed E-state index contributed by atoms with van der Waals surface area (Å²) in [5, 5.41) is 28.3. The van der Waals surface area contributed by atoms with Gasteiger partial charge in [0.25, 0.3) is 0 Å². The fourth-order valence-corrected chi connectivity index (χ4v) is 2.65. The lowest BCUT2D eigenvalue weighted by atomic mass is 10.3. The molecule has 220 valence electrons. The van der Waals surface area contributed by atoms with E-state index in [-0.39, 0.29) is 33.0 Å². The highest BCUT2D eigenvalue weighted by molar-refractivity contribution is 5.81. The van der Waals surface area contributed by atoms with E-state index in [1.807, 2.05) is 13.0 Å². The smallest absolute Gasteiger partial charge is 0.330 e. The largest absolute Gasteiger partial charge is 0.494 e. The van der Waals surface area contributed by atoms with E-state index in [0.29, 0.717) is 29.6 Å². The van der Waals surface area contributed by atoms with Crippen molar-refractivity contribution in [2.24, 2.45) is 0 Å². The van der Waals surface area contributed by atoms with Gasteiger partial charge in [0, 0.05) is 24.3 Å². The molecule has 0 saturated heterocycles. The maximum atomic E-state index is 10.8. The zero-order chi connectivity index (χ0) is 29.8. The molecule has 0 aliphatic heterocycles. The molecule has 40 heavy (non-hydrogen) atoms. The van der Waals surface area contributed by atoms with Crippen molar-refractivity contribution in [3.63, 3.8) is 0 Å². The van der Waals surface area contributed by atoms with Crippen LogP contribution < -0.4 is 18.9 Å². The predicted molar refractivity (Wildman–Crippen MR) is 147 cm³/mol. The average molecular weight is 563 g/mol. The molecule has 3 unspecified atom stereocenters. The van der Waals surface area contributed by atoms with Gasteiger partial charge in [-0.15, -0.1) is 0 Å². The number of esters is 2. The Balaban J connectivity index is 0.000000402. The molecule has 0 saturated carbocycles. The Morgan fingerprint density at radius 1 is 0.700 bits per heavy atom. The van der Waals surface area contributed by atoms with E-state index in [2.05, 4.69) is 13.2 Å². The molecule has 0 aliphatic rings. The van der Waals surface area contributed by atoms with Crippen molar-refractivity contribution in [2.45, 2.75) is 32.2 Å². The van der Waals surface area contributed by atoms with Crippen LogP contribution in [0, 0.1) is 0 Å². The Labute approximate surface area is 234 Å². The van der Waals surface area contributed by atoms with Crippen LogP contribution in [-0.2, 0) is 19.1 Å². The summed E-state index contributed by atoms with van der Waals surface area (Å²) in [5.41, 5.74) is 0. The molecule has 11 nitrogen and oxygen atoms in total. The van der Waals surface area contributed by atoms with Gasteiger partial charge in [-0.3, -0.25) is 0 Å². The maximum absolute atomic E-state index is 10.8. The van der Waals surface area contributed by atoms with Gasteiger partial charge in [0.15, 0.2) is 0 Å². The van der Waals surface area contributed by atoms with Crippen LogP contribution in [0.3, 0.4) is 0 Å². The monoisotopic (exact) mass is 562 g/mol. The minimum Gasteiger partial charge on any atom is -0.494 e.